The van der Waals surface area contributed by atoms with Crippen LogP contribution in [0.3, 0.4) is 0 Å². The van der Waals surface area contributed by atoms with Crippen LogP contribution in [0.2, 0.25) is 0 Å². The Morgan fingerprint density at radius 2 is 1.07 bits per heavy atom. The van der Waals surface area contributed by atoms with Gasteiger partial charge in [0.1, 0.15) is 27.8 Å². The largest absolute Gasteiger partial charge is 0.391 e. The summed E-state index contributed by atoms with van der Waals surface area (Å²) in [5.41, 5.74) is 12.6. The van der Waals surface area contributed by atoms with Gasteiger partial charge in [-0.1, -0.05) is 19.3 Å². The maximum atomic E-state index is 12.7. The van der Waals surface area contributed by atoms with E-state index in [4.69, 9.17) is 11.5 Å². The minimum atomic E-state index is -4.84. The second-order valence-corrected chi connectivity index (χ2v) is 22.4. The van der Waals surface area contributed by atoms with E-state index in [-0.39, 0.29) is 49.5 Å². The first kappa shape index (κ1) is 44.9. The lowest BCUT2D eigenvalue weighted by Gasteiger charge is -2.50. The molecule has 0 radical (unpaired) electrons. The highest BCUT2D eigenvalue weighted by atomic mass is 32.2. The van der Waals surface area contributed by atoms with Crippen molar-refractivity contribution in [2.24, 2.45) is 54.0 Å². The predicted molar refractivity (Wildman–Crippen MR) is 207 cm³/mol. The van der Waals surface area contributed by atoms with Crippen LogP contribution in [0.1, 0.15) is 109 Å². The molecule has 0 amide bonds. The van der Waals surface area contributed by atoms with E-state index in [0.717, 1.165) is 51.4 Å². The molecule has 0 spiro atoms. The molecular weight excluding hydrogens is 807 g/mol. The van der Waals surface area contributed by atoms with Crippen LogP contribution >= 0.6 is 0 Å². The van der Waals surface area contributed by atoms with Gasteiger partial charge in [-0.05, 0) is 95.8 Å². The third-order valence-electron chi connectivity index (χ3n) is 13.5. The van der Waals surface area contributed by atoms with Gasteiger partial charge in [0.15, 0.2) is 0 Å². The van der Waals surface area contributed by atoms with Crippen LogP contribution < -0.4 is 16.8 Å². The van der Waals surface area contributed by atoms with Crippen molar-refractivity contribution >= 4 is 30.4 Å². The average Bonchev–Trinajstić information content (AvgIpc) is 3.13. The zero-order chi connectivity index (χ0) is 41.3. The van der Waals surface area contributed by atoms with Crippen LogP contribution in [-0.4, -0.2) is 138 Å². The van der Waals surface area contributed by atoms with Crippen molar-refractivity contribution < 1.29 is 49.1 Å². The summed E-state index contributed by atoms with van der Waals surface area (Å²) in [5, 5.41) is 47.0. The SMILES string of the molecule is NC1CCC(N=NC2CCC(NC3CCC(N=NC4C(N)C5C(CC4S(=O)(=O)O)CC(S(=O)(=O)O)C(N=NC4CCCCC4)C5O)CC3S(=O)(=O)O)CC2)C(O)C1. The Bertz CT molecular complexity index is 1790. The lowest BCUT2D eigenvalue weighted by atomic mass is 9.64. The first-order valence-corrected chi connectivity index (χ1v) is 25.0. The Morgan fingerprint density at radius 3 is 1.68 bits per heavy atom. The molecule has 0 saturated heterocycles. The predicted octanol–water partition coefficient (Wildman–Crippen LogP) is 1.97. The van der Waals surface area contributed by atoms with E-state index in [1.54, 1.807) is 0 Å². The fraction of sp³-hybridized carbons (Fsp3) is 1.00. The number of aliphatic hydroxyl groups excluding tert-OH is 2. The second kappa shape index (κ2) is 18.5. The number of rotatable bonds is 11. The van der Waals surface area contributed by atoms with Gasteiger partial charge in [-0.2, -0.15) is 55.9 Å². The number of aliphatic hydroxyl groups is 2. The van der Waals surface area contributed by atoms with Crippen molar-refractivity contribution in [1.82, 2.24) is 5.32 Å². The third-order valence-corrected chi connectivity index (χ3v) is 17.3. The van der Waals surface area contributed by atoms with Gasteiger partial charge < -0.3 is 27.0 Å². The van der Waals surface area contributed by atoms with Crippen molar-refractivity contribution in [3.05, 3.63) is 0 Å². The molecule has 20 nitrogen and oxygen atoms in total. The van der Waals surface area contributed by atoms with E-state index in [0.29, 0.717) is 38.5 Å². The summed E-state index contributed by atoms with van der Waals surface area (Å²) < 4.78 is 107. The lowest BCUT2D eigenvalue weighted by molar-refractivity contribution is -0.0202. The van der Waals surface area contributed by atoms with Crippen molar-refractivity contribution in [3.63, 3.8) is 0 Å². The molecule has 6 rings (SSSR count). The van der Waals surface area contributed by atoms with Crippen LogP contribution in [0.15, 0.2) is 30.7 Å². The molecular formula is C34H61N9O11S3. The Hall–Kier alpha value is -1.67. The van der Waals surface area contributed by atoms with E-state index in [2.05, 4.69) is 36.0 Å². The normalized spacial score (nSPS) is 43.4. The number of azo groups is 3. The Morgan fingerprint density at radius 1 is 0.526 bits per heavy atom. The number of nitrogens with one attached hydrogen (secondary N) is 1. The summed E-state index contributed by atoms with van der Waals surface area (Å²) in [5.74, 6) is -1.80. The van der Waals surface area contributed by atoms with Crippen molar-refractivity contribution in [1.29, 1.82) is 0 Å². The van der Waals surface area contributed by atoms with Crippen LogP contribution in [0.5, 0.6) is 0 Å². The van der Waals surface area contributed by atoms with Crippen LogP contribution in [-0.2, 0) is 30.4 Å². The Balaban J connectivity index is 1.11. The fourth-order valence-electron chi connectivity index (χ4n) is 10.3. The highest BCUT2D eigenvalue weighted by Crippen LogP contribution is 2.46. The monoisotopic (exact) mass is 867 g/mol. The molecule has 14 atom stereocenters. The number of nitrogens with zero attached hydrogens (tertiary/aromatic N) is 6. The molecule has 0 aromatic rings. The average molecular weight is 868 g/mol. The van der Waals surface area contributed by atoms with Gasteiger partial charge in [0.2, 0.25) is 0 Å². The summed E-state index contributed by atoms with van der Waals surface area (Å²) in [6.45, 7) is 0. The highest BCUT2D eigenvalue weighted by molar-refractivity contribution is 7.87. The van der Waals surface area contributed by atoms with Gasteiger partial charge in [0.05, 0.1) is 36.4 Å². The number of hydrogen-bond donors (Lipinski definition) is 8. The van der Waals surface area contributed by atoms with E-state index in [9.17, 15) is 49.1 Å². The molecule has 0 bridgehead atoms. The molecule has 6 saturated carbocycles. The number of fused-ring (bicyclic) bond motifs is 1. The van der Waals surface area contributed by atoms with Gasteiger partial charge in [-0.3, -0.25) is 13.7 Å². The smallest absolute Gasteiger partial charge is 0.270 e. The zero-order valence-electron chi connectivity index (χ0n) is 32.1. The molecule has 0 aromatic heterocycles. The summed E-state index contributed by atoms with van der Waals surface area (Å²) in [7, 11) is -14.2. The maximum Gasteiger partial charge on any atom is 0.270 e. The minimum absolute atomic E-state index is 0.0110. The minimum Gasteiger partial charge on any atom is -0.391 e. The van der Waals surface area contributed by atoms with Crippen molar-refractivity contribution in [2.75, 3.05) is 0 Å². The summed E-state index contributed by atoms with van der Waals surface area (Å²) in [6.07, 6.45) is 7.01. The first-order chi connectivity index (χ1) is 26.8. The van der Waals surface area contributed by atoms with E-state index in [1.165, 1.54) is 0 Å². The van der Waals surface area contributed by atoms with Gasteiger partial charge in [0, 0.05) is 30.1 Å². The summed E-state index contributed by atoms with van der Waals surface area (Å²) in [6, 6.07) is -5.83. The zero-order valence-corrected chi connectivity index (χ0v) is 34.5. The Kier molecular flexibility index (Phi) is 14.6. The molecule has 57 heavy (non-hydrogen) atoms. The van der Waals surface area contributed by atoms with E-state index < -0.39 is 100 Å². The third kappa shape index (κ3) is 11.2. The van der Waals surface area contributed by atoms with Gasteiger partial charge >= 0.3 is 0 Å². The highest BCUT2D eigenvalue weighted by Gasteiger charge is 2.58. The molecule has 14 unspecified atom stereocenters. The van der Waals surface area contributed by atoms with E-state index in [1.807, 2.05) is 0 Å². The van der Waals surface area contributed by atoms with Gasteiger partial charge in [-0.15, -0.1) is 0 Å². The number of hydrogen-bond acceptors (Lipinski definition) is 17. The Labute approximate surface area is 335 Å². The number of nitrogens with two attached hydrogens (primary N) is 2. The van der Waals surface area contributed by atoms with Crippen molar-refractivity contribution in [2.45, 2.75) is 198 Å². The second-order valence-electron chi connectivity index (χ2n) is 17.5. The summed E-state index contributed by atoms with van der Waals surface area (Å²) in [4.78, 5) is 0. The molecule has 0 aromatic carbocycles. The molecule has 10 N–H and O–H groups in total. The van der Waals surface area contributed by atoms with Crippen LogP contribution in [0.4, 0.5) is 0 Å². The molecule has 0 heterocycles. The fourth-order valence-corrected chi connectivity index (χ4v) is 13.6. The van der Waals surface area contributed by atoms with E-state index >= 15 is 0 Å². The quantitative estimate of drug-likeness (QED) is 0.109. The molecule has 6 aliphatic rings. The molecule has 23 heteroatoms. The molecule has 0 aliphatic heterocycles. The van der Waals surface area contributed by atoms with Gasteiger partial charge in [-0.25, -0.2) is 0 Å². The first-order valence-electron chi connectivity index (χ1n) is 20.5. The molecule has 6 fully saturated rings. The van der Waals surface area contributed by atoms with Crippen LogP contribution in [0, 0.1) is 11.8 Å². The topological polar surface area (TPSA) is 342 Å². The molecule has 326 valence electrons. The summed E-state index contributed by atoms with van der Waals surface area (Å²) >= 11 is 0. The molecule has 6 aliphatic carbocycles. The lowest BCUT2D eigenvalue weighted by Crippen LogP contribution is -2.65. The van der Waals surface area contributed by atoms with Crippen molar-refractivity contribution in [3.8, 4) is 0 Å². The maximum absolute atomic E-state index is 12.7. The van der Waals surface area contributed by atoms with Gasteiger partial charge in [0.25, 0.3) is 30.4 Å². The standard InChI is InChI=1S/C34H61N9O11S3/c35-19-6-12-24(26(44)16-19)41-38-22-9-7-20(8-10-22)37-25-13-11-23(17-27(25)55(46,47)48)40-42-32-28(56(49,50)51)14-18-15-29(57(52,53)54)33(34(45)30(18)31(32)36)43-39-21-4-2-1-3-5-21/h18-34,37,44-45H,1-17,35-36H2,(H,46,47,48)(H,49,50,51)(H,52,53,54). The van der Waals surface area contributed by atoms with Crippen LogP contribution in [0.25, 0.3) is 0 Å².